The molecule has 0 saturated heterocycles. The van der Waals surface area contributed by atoms with Gasteiger partial charge >= 0.3 is 0 Å². The van der Waals surface area contributed by atoms with Gasteiger partial charge in [-0.25, -0.2) is 4.79 Å². The first-order chi connectivity index (χ1) is 2.77. The molecule has 0 aliphatic heterocycles. The molecule has 1 unspecified atom stereocenters. The lowest BCUT2D eigenvalue weighted by Gasteiger charge is -1.82. The third-order valence-electron chi connectivity index (χ3n) is 0.309. The van der Waals surface area contributed by atoms with Gasteiger partial charge in [0.15, 0.2) is 0 Å². The van der Waals surface area contributed by atoms with Crippen molar-refractivity contribution in [3.05, 3.63) is 6.08 Å². The molecule has 0 amide bonds. The highest BCUT2D eigenvalue weighted by molar-refractivity contribution is 5.45. The van der Waals surface area contributed by atoms with Crippen LogP contribution in [0.3, 0.4) is 0 Å². The van der Waals surface area contributed by atoms with Crippen LogP contribution < -0.4 is 0 Å². The number of hydrogen-bond donors (Lipinski definition) is 1. The molecule has 0 aromatic heterocycles. The third kappa shape index (κ3) is 3.41. The standard InChI is InChI=1S/C4H6O2/c1-4(6)2-3-5/h2,4,6H,1H3. The van der Waals surface area contributed by atoms with E-state index >= 15 is 0 Å². The maximum absolute atomic E-state index is 9.27. The molecule has 0 saturated carbocycles. The van der Waals surface area contributed by atoms with E-state index in [2.05, 4.69) is 0 Å². The fourth-order valence-corrected chi connectivity index (χ4v) is 0.0985. The summed E-state index contributed by atoms with van der Waals surface area (Å²) in [5.74, 6) is 1.44. The van der Waals surface area contributed by atoms with Crippen molar-refractivity contribution in [3.8, 4) is 0 Å². The molecule has 34 valence electrons. The van der Waals surface area contributed by atoms with Crippen LogP contribution in [0, 0.1) is 0 Å². The molecule has 0 fully saturated rings. The van der Waals surface area contributed by atoms with Gasteiger partial charge in [0.25, 0.3) is 0 Å². The summed E-state index contributed by atoms with van der Waals surface area (Å²) in [7, 11) is 0. The molecule has 2 heteroatoms. The van der Waals surface area contributed by atoms with Crippen LogP contribution in [0.15, 0.2) is 6.08 Å². The third-order valence-corrected chi connectivity index (χ3v) is 0.309. The number of carbonyl (C=O) groups excluding carboxylic acids is 1. The van der Waals surface area contributed by atoms with Crippen LogP contribution in [0.1, 0.15) is 6.92 Å². The van der Waals surface area contributed by atoms with E-state index in [9.17, 15) is 4.79 Å². The molecule has 1 N–H and O–H groups in total. The molecular formula is C4H6O2. The number of rotatable bonds is 1. The largest absolute Gasteiger partial charge is 0.389 e. The molecule has 2 nitrogen and oxygen atoms in total. The topological polar surface area (TPSA) is 37.3 Å². The van der Waals surface area contributed by atoms with Crippen molar-refractivity contribution >= 4 is 5.94 Å². The highest BCUT2D eigenvalue weighted by atomic mass is 16.3. The van der Waals surface area contributed by atoms with E-state index < -0.39 is 6.10 Å². The maximum atomic E-state index is 9.27. The molecule has 0 rings (SSSR count). The number of hydrogen-bond acceptors (Lipinski definition) is 2. The summed E-state index contributed by atoms with van der Waals surface area (Å²) in [5, 5.41) is 8.23. The lowest BCUT2D eigenvalue weighted by Crippen LogP contribution is -1.90. The molecule has 0 bridgehead atoms. The zero-order chi connectivity index (χ0) is 4.99. The van der Waals surface area contributed by atoms with E-state index in [0.29, 0.717) is 0 Å². The highest BCUT2D eigenvalue weighted by Gasteiger charge is 1.79. The first-order valence-corrected chi connectivity index (χ1v) is 1.66. The monoisotopic (exact) mass is 86.0 g/mol. The van der Waals surface area contributed by atoms with Crippen molar-refractivity contribution in [2.75, 3.05) is 0 Å². The van der Waals surface area contributed by atoms with Gasteiger partial charge in [0.05, 0.1) is 6.10 Å². The second kappa shape index (κ2) is 2.64. The SMILES string of the molecule is CC(O)C=C=O. The Bertz CT molecular complexity index is 69.6. The van der Waals surface area contributed by atoms with Crippen molar-refractivity contribution < 1.29 is 9.90 Å². The Morgan fingerprint density at radius 1 is 2.00 bits per heavy atom. The molecule has 1 atom stereocenters. The lowest BCUT2D eigenvalue weighted by atomic mass is 10.4. The zero-order valence-electron chi connectivity index (χ0n) is 3.51. The minimum Gasteiger partial charge on any atom is -0.389 e. The Hall–Kier alpha value is -0.590. The van der Waals surface area contributed by atoms with E-state index in [-0.39, 0.29) is 0 Å². The van der Waals surface area contributed by atoms with Gasteiger partial charge in [-0.1, -0.05) is 0 Å². The van der Waals surface area contributed by atoms with Crippen LogP contribution in [0.2, 0.25) is 0 Å². The molecular weight excluding hydrogens is 80.0 g/mol. The van der Waals surface area contributed by atoms with Gasteiger partial charge in [0.2, 0.25) is 0 Å². The average molecular weight is 86.1 g/mol. The predicted octanol–water partition coefficient (Wildman–Crippen LogP) is -0.245. The fourth-order valence-electron chi connectivity index (χ4n) is 0.0985. The van der Waals surface area contributed by atoms with Crippen LogP contribution in [0.4, 0.5) is 0 Å². The van der Waals surface area contributed by atoms with Crippen LogP contribution in [-0.2, 0) is 4.79 Å². The molecule has 0 aromatic carbocycles. The summed E-state index contributed by atoms with van der Waals surface area (Å²) in [4.78, 5) is 9.27. The van der Waals surface area contributed by atoms with Gasteiger partial charge < -0.3 is 5.11 Å². The van der Waals surface area contributed by atoms with E-state index in [0.717, 1.165) is 6.08 Å². The molecule has 0 heterocycles. The Morgan fingerprint density at radius 2 is 2.50 bits per heavy atom. The second-order valence-corrected chi connectivity index (χ2v) is 1.03. The smallest absolute Gasteiger partial charge is 0.122 e. The summed E-state index contributed by atoms with van der Waals surface area (Å²) in [6.45, 7) is 1.49. The van der Waals surface area contributed by atoms with Gasteiger partial charge in [-0.2, -0.15) is 0 Å². The van der Waals surface area contributed by atoms with Gasteiger partial charge in [0.1, 0.15) is 5.94 Å². The van der Waals surface area contributed by atoms with Crippen LogP contribution in [0.5, 0.6) is 0 Å². The van der Waals surface area contributed by atoms with Gasteiger partial charge in [-0.15, -0.1) is 0 Å². The molecule has 0 radical (unpaired) electrons. The zero-order valence-corrected chi connectivity index (χ0v) is 3.51. The van der Waals surface area contributed by atoms with Crippen LogP contribution in [0.25, 0.3) is 0 Å². The number of aliphatic hydroxyl groups excluding tert-OH is 1. The maximum Gasteiger partial charge on any atom is 0.122 e. The van der Waals surface area contributed by atoms with E-state index in [4.69, 9.17) is 5.11 Å². The predicted molar refractivity (Wildman–Crippen MR) is 21.9 cm³/mol. The quantitative estimate of drug-likeness (QED) is 0.447. The molecule has 0 aromatic rings. The van der Waals surface area contributed by atoms with E-state index in [1.54, 1.807) is 0 Å². The fraction of sp³-hybridized carbons (Fsp3) is 0.500. The molecule has 0 aliphatic rings. The van der Waals surface area contributed by atoms with Crippen LogP contribution in [-0.4, -0.2) is 17.2 Å². The molecule has 6 heavy (non-hydrogen) atoms. The van der Waals surface area contributed by atoms with Crippen LogP contribution >= 0.6 is 0 Å². The van der Waals surface area contributed by atoms with Gasteiger partial charge in [-0.3, -0.25) is 0 Å². The van der Waals surface area contributed by atoms with Crippen molar-refractivity contribution in [2.45, 2.75) is 13.0 Å². The Labute approximate surface area is 36.1 Å². The summed E-state index contributed by atoms with van der Waals surface area (Å²) in [6.07, 6.45) is 0.391. The average Bonchev–Trinajstić information content (AvgIpc) is 1.35. The summed E-state index contributed by atoms with van der Waals surface area (Å²) in [5.41, 5.74) is 0. The van der Waals surface area contributed by atoms with Gasteiger partial charge in [-0.05, 0) is 6.92 Å². The summed E-state index contributed by atoms with van der Waals surface area (Å²) >= 11 is 0. The van der Waals surface area contributed by atoms with Gasteiger partial charge in [0, 0.05) is 6.08 Å². The Balaban J connectivity index is 3.29. The second-order valence-electron chi connectivity index (χ2n) is 1.03. The Morgan fingerprint density at radius 3 is 2.50 bits per heavy atom. The van der Waals surface area contributed by atoms with Crippen molar-refractivity contribution in [1.82, 2.24) is 0 Å². The first kappa shape index (κ1) is 5.41. The summed E-state index contributed by atoms with van der Waals surface area (Å²) < 4.78 is 0. The summed E-state index contributed by atoms with van der Waals surface area (Å²) in [6, 6.07) is 0. The number of aliphatic hydroxyl groups is 1. The lowest BCUT2D eigenvalue weighted by molar-refractivity contribution is 0.245. The minimum absolute atomic E-state index is 0.650. The van der Waals surface area contributed by atoms with Crippen molar-refractivity contribution in [1.29, 1.82) is 0 Å². The van der Waals surface area contributed by atoms with Crippen molar-refractivity contribution in [3.63, 3.8) is 0 Å². The highest BCUT2D eigenvalue weighted by Crippen LogP contribution is 1.72. The first-order valence-electron chi connectivity index (χ1n) is 1.66. The molecule has 0 spiro atoms. The van der Waals surface area contributed by atoms with E-state index in [1.807, 2.05) is 0 Å². The van der Waals surface area contributed by atoms with E-state index in [1.165, 1.54) is 12.9 Å². The van der Waals surface area contributed by atoms with Crippen molar-refractivity contribution in [2.24, 2.45) is 0 Å². The molecule has 0 aliphatic carbocycles. The Kier molecular flexibility index (Phi) is 2.38. The minimum atomic E-state index is -0.650. The normalized spacial score (nSPS) is 12.3.